The molecule has 31 heavy (non-hydrogen) atoms. The fraction of sp³-hybridized carbons (Fsp3) is 0.300. The quantitative estimate of drug-likeness (QED) is 0.405. The van der Waals surface area contributed by atoms with E-state index in [1.54, 1.807) is 12.1 Å². The molecule has 1 aliphatic rings. The summed E-state index contributed by atoms with van der Waals surface area (Å²) in [5, 5.41) is 10.7. The van der Waals surface area contributed by atoms with Crippen molar-refractivity contribution in [3.05, 3.63) is 69.8 Å². The van der Waals surface area contributed by atoms with Crippen LogP contribution in [0.5, 0.6) is 0 Å². The monoisotopic (exact) mass is 437 g/mol. The highest BCUT2D eigenvalue weighted by atomic mass is 19.4. The lowest BCUT2D eigenvalue weighted by Crippen LogP contribution is -2.49. The van der Waals surface area contributed by atoms with E-state index in [-0.39, 0.29) is 11.3 Å². The van der Waals surface area contributed by atoms with E-state index in [2.05, 4.69) is 0 Å². The Morgan fingerprint density at radius 3 is 2.06 bits per heavy atom. The van der Waals surface area contributed by atoms with E-state index in [1.807, 2.05) is 4.90 Å². The Morgan fingerprint density at radius 1 is 0.968 bits per heavy atom. The van der Waals surface area contributed by atoms with Gasteiger partial charge in [0.05, 0.1) is 16.1 Å². The van der Waals surface area contributed by atoms with Crippen LogP contribution in [-0.2, 0) is 15.7 Å². The van der Waals surface area contributed by atoms with Gasteiger partial charge in [0.25, 0.3) is 11.6 Å². The van der Waals surface area contributed by atoms with Gasteiger partial charge in [-0.25, -0.2) is 4.79 Å². The standard InChI is InChI=1S/C20H18F3N3O5/c21-20(22,23)15-3-1-14(2-4-15)19(28)31-13-18(27)25-11-9-24(10-12-25)16-5-7-17(8-6-16)26(29)30/h1-8H,9-13H2. The number of piperazine rings is 1. The van der Waals surface area contributed by atoms with Gasteiger partial charge in [-0.3, -0.25) is 14.9 Å². The number of carbonyl (C=O) groups is 2. The van der Waals surface area contributed by atoms with Crippen molar-refractivity contribution in [2.24, 2.45) is 0 Å². The summed E-state index contributed by atoms with van der Waals surface area (Å²) in [5.74, 6) is -1.30. The SMILES string of the molecule is O=C(OCC(=O)N1CCN(c2ccc([N+](=O)[O-])cc2)CC1)c1ccc(C(F)(F)F)cc1. The molecule has 164 valence electrons. The molecule has 2 aromatic carbocycles. The lowest BCUT2D eigenvalue weighted by molar-refractivity contribution is -0.384. The first-order valence-electron chi connectivity index (χ1n) is 9.27. The summed E-state index contributed by atoms with van der Waals surface area (Å²) in [7, 11) is 0. The number of amides is 1. The van der Waals surface area contributed by atoms with E-state index < -0.39 is 35.1 Å². The zero-order valence-corrected chi connectivity index (χ0v) is 16.2. The first kappa shape index (κ1) is 22.1. The molecule has 0 radical (unpaired) electrons. The normalized spacial score (nSPS) is 14.3. The van der Waals surface area contributed by atoms with Gasteiger partial charge in [-0.05, 0) is 36.4 Å². The Hall–Kier alpha value is -3.63. The highest BCUT2D eigenvalue weighted by Gasteiger charge is 2.30. The van der Waals surface area contributed by atoms with Crippen LogP contribution in [0.3, 0.4) is 0 Å². The van der Waals surface area contributed by atoms with Crippen molar-refractivity contribution < 1.29 is 32.4 Å². The maximum atomic E-state index is 12.6. The molecule has 8 nitrogen and oxygen atoms in total. The number of hydrogen-bond donors (Lipinski definition) is 0. The summed E-state index contributed by atoms with van der Waals surface area (Å²) in [4.78, 5) is 38.0. The summed E-state index contributed by atoms with van der Waals surface area (Å²) < 4.78 is 42.6. The zero-order chi connectivity index (χ0) is 22.6. The number of hydrogen-bond acceptors (Lipinski definition) is 6. The number of alkyl halides is 3. The summed E-state index contributed by atoms with van der Waals surface area (Å²) in [5.41, 5.74) is -0.173. The molecular formula is C20H18F3N3O5. The van der Waals surface area contributed by atoms with Gasteiger partial charge in [0.15, 0.2) is 6.61 Å². The number of nitro groups is 1. The molecule has 11 heteroatoms. The van der Waals surface area contributed by atoms with Crippen LogP contribution in [-0.4, -0.2) is 54.5 Å². The van der Waals surface area contributed by atoms with Gasteiger partial charge in [0, 0.05) is 44.0 Å². The smallest absolute Gasteiger partial charge is 0.416 e. The minimum Gasteiger partial charge on any atom is -0.452 e. The number of halogens is 3. The summed E-state index contributed by atoms with van der Waals surface area (Å²) in [6.07, 6.45) is -4.50. The van der Waals surface area contributed by atoms with Gasteiger partial charge < -0.3 is 14.5 Å². The molecule has 1 amide bonds. The fourth-order valence-electron chi connectivity index (χ4n) is 3.10. The van der Waals surface area contributed by atoms with Gasteiger partial charge in [-0.2, -0.15) is 13.2 Å². The van der Waals surface area contributed by atoms with Crippen LogP contribution >= 0.6 is 0 Å². The lowest BCUT2D eigenvalue weighted by Gasteiger charge is -2.36. The summed E-state index contributed by atoms with van der Waals surface area (Å²) in [6, 6.07) is 9.65. The maximum Gasteiger partial charge on any atom is 0.416 e. The Labute approximate surface area is 175 Å². The average molecular weight is 437 g/mol. The number of non-ortho nitro benzene ring substituents is 1. The van der Waals surface area contributed by atoms with Crippen molar-refractivity contribution in [2.45, 2.75) is 6.18 Å². The molecule has 1 saturated heterocycles. The number of rotatable bonds is 5. The molecule has 0 atom stereocenters. The van der Waals surface area contributed by atoms with Crippen LogP contribution in [0.4, 0.5) is 24.5 Å². The highest BCUT2D eigenvalue weighted by Crippen LogP contribution is 2.29. The first-order valence-corrected chi connectivity index (χ1v) is 9.27. The van der Waals surface area contributed by atoms with Crippen molar-refractivity contribution >= 4 is 23.3 Å². The Bertz CT molecular complexity index is 954. The van der Waals surface area contributed by atoms with Crippen molar-refractivity contribution in [2.75, 3.05) is 37.7 Å². The van der Waals surface area contributed by atoms with E-state index in [1.165, 1.54) is 17.0 Å². The molecule has 0 N–H and O–H groups in total. The van der Waals surface area contributed by atoms with Crippen molar-refractivity contribution in [3.8, 4) is 0 Å². The molecular weight excluding hydrogens is 419 g/mol. The number of nitrogens with zero attached hydrogens (tertiary/aromatic N) is 3. The van der Waals surface area contributed by atoms with Crippen LogP contribution in [0.15, 0.2) is 48.5 Å². The Morgan fingerprint density at radius 2 is 1.55 bits per heavy atom. The number of anilines is 1. The first-order chi connectivity index (χ1) is 14.6. The molecule has 0 spiro atoms. The molecule has 0 aromatic heterocycles. The van der Waals surface area contributed by atoms with Crippen LogP contribution in [0.1, 0.15) is 15.9 Å². The van der Waals surface area contributed by atoms with Crippen LogP contribution < -0.4 is 4.90 Å². The third-order valence-corrected chi connectivity index (χ3v) is 4.83. The molecule has 0 saturated carbocycles. The van der Waals surface area contributed by atoms with E-state index in [0.29, 0.717) is 26.2 Å². The minimum atomic E-state index is -4.50. The number of nitro benzene ring substituents is 1. The van der Waals surface area contributed by atoms with E-state index in [4.69, 9.17) is 4.74 Å². The third-order valence-electron chi connectivity index (χ3n) is 4.83. The van der Waals surface area contributed by atoms with Gasteiger partial charge >= 0.3 is 12.1 Å². The molecule has 3 rings (SSSR count). The predicted molar refractivity (Wildman–Crippen MR) is 104 cm³/mol. The molecule has 1 fully saturated rings. The molecule has 0 aliphatic carbocycles. The molecule has 0 bridgehead atoms. The largest absolute Gasteiger partial charge is 0.452 e. The molecule has 1 heterocycles. The second-order valence-electron chi connectivity index (χ2n) is 6.79. The third kappa shape index (κ3) is 5.50. The second-order valence-corrected chi connectivity index (χ2v) is 6.79. The van der Waals surface area contributed by atoms with Gasteiger partial charge in [0.1, 0.15) is 0 Å². The molecule has 0 unspecified atom stereocenters. The minimum absolute atomic E-state index is 0.00701. The lowest BCUT2D eigenvalue weighted by atomic mass is 10.1. The van der Waals surface area contributed by atoms with Crippen molar-refractivity contribution in [1.29, 1.82) is 0 Å². The maximum absolute atomic E-state index is 12.6. The summed E-state index contributed by atoms with van der Waals surface area (Å²) in [6.45, 7) is 1.21. The predicted octanol–water partition coefficient (Wildman–Crippen LogP) is 3.12. The fourth-order valence-corrected chi connectivity index (χ4v) is 3.10. The van der Waals surface area contributed by atoms with Crippen LogP contribution in [0.25, 0.3) is 0 Å². The number of benzene rings is 2. The van der Waals surface area contributed by atoms with E-state index in [9.17, 15) is 32.9 Å². The average Bonchev–Trinajstić information content (AvgIpc) is 2.77. The van der Waals surface area contributed by atoms with E-state index in [0.717, 1.165) is 30.0 Å². The number of esters is 1. The van der Waals surface area contributed by atoms with Gasteiger partial charge in [-0.1, -0.05) is 0 Å². The second kappa shape index (κ2) is 9.02. The van der Waals surface area contributed by atoms with Gasteiger partial charge in [-0.15, -0.1) is 0 Å². The van der Waals surface area contributed by atoms with Crippen LogP contribution in [0, 0.1) is 10.1 Å². The van der Waals surface area contributed by atoms with E-state index >= 15 is 0 Å². The highest BCUT2D eigenvalue weighted by molar-refractivity contribution is 5.91. The van der Waals surface area contributed by atoms with Crippen molar-refractivity contribution in [1.82, 2.24) is 4.90 Å². The number of ether oxygens (including phenoxy) is 1. The molecule has 2 aromatic rings. The molecule has 1 aliphatic heterocycles. The topological polar surface area (TPSA) is 93.0 Å². The van der Waals surface area contributed by atoms with Crippen molar-refractivity contribution in [3.63, 3.8) is 0 Å². The van der Waals surface area contributed by atoms with Crippen LogP contribution in [0.2, 0.25) is 0 Å². The zero-order valence-electron chi connectivity index (χ0n) is 16.2. The van der Waals surface area contributed by atoms with Gasteiger partial charge in [0.2, 0.25) is 0 Å². The Balaban J connectivity index is 1.47. The Kier molecular flexibility index (Phi) is 6.42. The number of carbonyl (C=O) groups excluding carboxylic acids is 2. The summed E-state index contributed by atoms with van der Waals surface area (Å²) >= 11 is 0.